The van der Waals surface area contributed by atoms with Gasteiger partial charge < -0.3 is 14.6 Å². The average molecular weight is 421 g/mol. The number of esters is 2. The molecule has 0 aromatic heterocycles. The number of aryl methyl sites for hydroxylation is 1. The smallest absolute Gasteiger partial charge is 0.342 e. The summed E-state index contributed by atoms with van der Waals surface area (Å²) in [5.41, 5.74) is -0.152. The van der Waals surface area contributed by atoms with E-state index in [4.69, 9.17) is 4.74 Å². The first-order chi connectivity index (χ1) is 12.3. The summed E-state index contributed by atoms with van der Waals surface area (Å²) in [6, 6.07) is 7.90. The van der Waals surface area contributed by atoms with Gasteiger partial charge in [0.2, 0.25) is 0 Å². The Bertz CT molecular complexity index is 871. The standard InChI is InChI=1S/C19H17BrO6/c1-4-26-19(24)14-13(17(22)11-5-7-12(20)8-6-11)9-10(2)16(21)15(14)18(23)25-3/h5-9,21H,4H2,1-3H3. The van der Waals surface area contributed by atoms with Crippen LogP contribution in [-0.4, -0.2) is 36.5 Å². The third-order valence-electron chi connectivity index (χ3n) is 3.71. The molecule has 0 spiro atoms. The van der Waals surface area contributed by atoms with E-state index in [9.17, 15) is 19.5 Å². The molecule has 26 heavy (non-hydrogen) atoms. The average Bonchev–Trinajstić information content (AvgIpc) is 2.63. The molecule has 2 rings (SSSR count). The van der Waals surface area contributed by atoms with E-state index in [1.165, 1.54) is 13.0 Å². The fourth-order valence-electron chi connectivity index (χ4n) is 2.46. The highest BCUT2D eigenvalue weighted by Crippen LogP contribution is 2.32. The van der Waals surface area contributed by atoms with Gasteiger partial charge in [0.1, 0.15) is 11.3 Å². The van der Waals surface area contributed by atoms with E-state index >= 15 is 0 Å². The minimum atomic E-state index is -0.931. The lowest BCUT2D eigenvalue weighted by Gasteiger charge is -2.15. The van der Waals surface area contributed by atoms with Gasteiger partial charge in [0.15, 0.2) is 5.78 Å². The summed E-state index contributed by atoms with van der Waals surface area (Å²) < 4.78 is 10.4. The van der Waals surface area contributed by atoms with Crippen LogP contribution in [0.4, 0.5) is 0 Å². The number of carbonyl (C=O) groups excluding carboxylic acids is 3. The summed E-state index contributed by atoms with van der Waals surface area (Å²) in [6.07, 6.45) is 0. The number of methoxy groups -OCH3 is 1. The van der Waals surface area contributed by atoms with Crippen molar-refractivity contribution in [3.8, 4) is 5.75 Å². The van der Waals surface area contributed by atoms with Crippen molar-refractivity contribution in [2.45, 2.75) is 13.8 Å². The van der Waals surface area contributed by atoms with Gasteiger partial charge in [-0.3, -0.25) is 4.79 Å². The monoisotopic (exact) mass is 420 g/mol. The first kappa shape index (κ1) is 19.7. The van der Waals surface area contributed by atoms with Crippen molar-refractivity contribution in [2.75, 3.05) is 13.7 Å². The summed E-state index contributed by atoms with van der Waals surface area (Å²) >= 11 is 3.29. The Kier molecular flexibility index (Phi) is 6.15. The van der Waals surface area contributed by atoms with Crippen molar-refractivity contribution in [1.82, 2.24) is 0 Å². The van der Waals surface area contributed by atoms with Crippen LogP contribution in [0.25, 0.3) is 0 Å². The third kappa shape index (κ3) is 3.77. The molecular formula is C19H17BrO6. The first-order valence-corrected chi connectivity index (χ1v) is 8.53. The summed E-state index contributed by atoms with van der Waals surface area (Å²) in [6.45, 7) is 3.16. The first-order valence-electron chi connectivity index (χ1n) is 7.74. The fourth-order valence-corrected chi connectivity index (χ4v) is 2.72. The van der Waals surface area contributed by atoms with Crippen molar-refractivity contribution >= 4 is 33.7 Å². The number of ether oxygens (including phenoxy) is 2. The van der Waals surface area contributed by atoms with Gasteiger partial charge in [0, 0.05) is 15.6 Å². The third-order valence-corrected chi connectivity index (χ3v) is 4.24. The molecule has 0 bridgehead atoms. The number of halogens is 1. The van der Waals surface area contributed by atoms with Crippen molar-refractivity contribution in [3.63, 3.8) is 0 Å². The zero-order valence-corrected chi connectivity index (χ0v) is 16.0. The number of phenols is 1. The van der Waals surface area contributed by atoms with Crippen LogP contribution < -0.4 is 0 Å². The summed E-state index contributed by atoms with van der Waals surface area (Å²) in [7, 11) is 1.12. The number of aromatic hydroxyl groups is 1. The maximum Gasteiger partial charge on any atom is 0.342 e. The Balaban J connectivity index is 2.76. The van der Waals surface area contributed by atoms with Crippen LogP contribution in [0.2, 0.25) is 0 Å². The Morgan fingerprint density at radius 2 is 1.69 bits per heavy atom. The molecule has 0 aliphatic carbocycles. The molecule has 0 saturated heterocycles. The molecule has 7 heteroatoms. The highest BCUT2D eigenvalue weighted by Gasteiger charge is 2.31. The highest BCUT2D eigenvalue weighted by molar-refractivity contribution is 9.10. The zero-order chi connectivity index (χ0) is 19.4. The van der Waals surface area contributed by atoms with E-state index in [2.05, 4.69) is 20.7 Å². The Morgan fingerprint density at radius 3 is 2.23 bits per heavy atom. The lowest BCUT2D eigenvalue weighted by molar-refractivity contribution is 0.0499. The summed E-state index contributed by atoms with van der Waals surface area (Å²) in [5.74, 6) is -2.72. The van der Waals surface area contributed by atoms with Gasteiger partial charge in [0.25, 0.3) is 0 Å². The molecule has 0 aliphatic rings. The van der Waals surface area contributed by atoms with E-state index in [-0.39, 0.29) is 28.9 Å². The van der Waals surface area contributed by atoms with E-state index in [0.29, 0.717) is 5.56 Å². The SMILES string of the molecule is CCOC(=O)c1c(C(=O)c2ccc(Br)cc2)cc(C)c(O)c1C(=O)OC. The molecule has 1 N–H and O–H groups in total. The molecule has 0 radical (unpaired) electrons. The Hall–Kier alpha value is -2.67. The fraction of sp³-hybridized carbons (Fsp3) is 0.211. The van der Waals surface area contributed by atoms with E-state index in [0.717, 1.165) is 11.6 Å². The van der Waals surface area contributed by atoms with Crippen molar-refractivity contribution in [1.29, 1.82) is 0 Å². The van der Waals surface area contributed by atoms with Gasteiger partial charge in [-0.15, -0.1) is 0 Å². The molecule has 0 atom stereocenters. The number of hydrogen-bond acceptors (Lipinski definition) is 6. The summed E-state index contributed by atoms with van der Waals surface area (Å²) in [4.78, 5) is 37.6. The highest BCUT2D eigenvalue weighted by atomic mass is 79.9. The molecule has 0 heterocycles. The molecular weight excluding hydrogens is 404 g/mol. The minimum Gasteiger partial charge on any atom is -0.507 e. The normalized spacial score (nSPS) is 10.3. The van der Waals surface area contributed by atoms with Crippen LogP contribution in [0.15, 0.2) is 34.8 Å². The van der Waals surface area contributed by atoms with Gasteiger partial charge in [0.05, 0.1) is 19.3 Å². The summed E-state index contributed by atoms with van der Waals surface area (Å²) in [5, 5.41) is 10.3. The van der Waals surface area contributed by atoms with Crippen LogP contribution in [0.1, 0.15) is 49.1 Å². The van der Waals surface area contributed by atoms with Crippen molar-refractivity contribution in [3.05, 3.63) is 62.6 Å². The van der Waals surface area contributed by atoms with Crippen molar-refractivity contribution < 1.29 is 29.0 Å². The molecule has 0 amide bonds. The zero-order valence-electron chi connectivity index (χ0n) is 14.5. The lowest BCUT2D eigenvalue weighted by atomic mass is 9.91. The molecule has 0 unspecified atom stereocenters. The number of benzene rings is 2. The van der Waals surface area contributed by atoms with E-state index < -0.39 is 23.5 Å². The molecule has 2 aromatic rings. The van der Waals surface area contributed by atoms with E-state index in [1.54, 1.807) is 31.2 Å². The number of ketones is 1. The number of hydrogen-bond donors (Lipinski definition) is 1. The second-order valence-electron chi connectivity index (χ2n) is 5.39. The maximum atomic E-state index is 13.0. The Morgan fingerprint density at radius 1 is 1.08 bits per heavy atom. The van der Waals surface area contributed by atoms with Gasteiger partial charge >= 0.3 is 11.9 Å². The predicted molar refractivity (Wildman–Crippen MR) is 97.7 cm³/mol. The predicted octanol–water partition coefficient (Wildman–Crippen LogP) is 3.66. The number of rotatable bonds is 5. The number of carbonyl (C=O) groups is 3. The van der Waals surface area contributed by atoms with Gasteiger partial charge in [-0.25, -0.2) is 9.59 Å². The van der Waals surface area contributed by atoms with Crippen LogP contribution in [0.5, 0.6) is 5.75 Å². The largest absolute Gasteiger partial charge is 0.507 e. The maximum absolute atomic E-state index is 13.0. The van der Waals surface area contributed by atoms with Crippen LogP contribution in [-0.2, 0) is 9.47 Å². The number of phenolic OH excluding ortho intramolecular Hbond substituents is 1. The minimum absolute atomic E-state index is 0.0403. The van der Waals surface area contributed by atoms with Crippen LogP contribution >= 0.6 is 15.9 Å². The van der Waals surface area contributed by atoms with E-state index in [1.807, 2.05) is 0 Å². The quantitative estimate of drug-likeness (QED) is 0.586. The molecule has 0 fully saturated rings. The molecule has 0 saturated carbocycles. The molecule has 2 aromatic carbocycles. The second kappa shape index (κ2) is 8.14. The van der Waals surface area contributed by atoms with Crippen LogP contribution in [0.3, 0.4) is 0 Å². The Labute approximate surface area is 158 Å². The van der Waals surface area contributed by atoms with Crippen LogP contribution in [0, 0.1) is 6.92 Å². The van der Waals surface area contributed by atoms with Gasteiger partial charge in [-0.05, 0) is 49.7 Å². The molecule has 0 aliphatic heterocycles. The molecule has 6 nitrogen and oxygen atoms in total. The van der Waals surface area contributed by atoms with Gasteiger partial charge in [-0.1, -0.05) is 15.9 Å². The topological polar surface area (TPSA) is 89.9 Å². The lowest BCUT2D eigenvalue weighted by Crippen LogP contribution is -2.19. The van der Waals surface area contributed by atoms with Gasteiger partial charge in [-0.2, -0.15) is 0 Å². The molecule has 136 valence electrons. The second-order valence-corrected chi connectivity index (χ2v) is 6.30. The van der Waals surface area contributed by atoms with Crippen molar-refractivity contribution in [2.24, 2.45) is 0 Å².